The number of esters is 1. The van der Waals surface area contributed by atoms with Crippen molar-refractivity contribution in [3.05, 3.63) is 12.2 Å². The van der Waals surface area contributed by atoms with Crippen molar-refractivity contribution in [1.82, 2.24) is 0 Å². The molecule has 2 unspecified atom stereocenters. The molecule has 0 spiro atoms. The van der Waals surface area contributed by atoms with Crippen LogP contribution >= 0.6 is 0 Å². The molecule has 0 aromatic heterocycles. The van der Waals surface area contributed by atoms with Gasteiger partial charge < -0.3 is 4.74 Å². The van der Waals surface area contributed by atoms with E-state index in [1.54, 1.807) is 0 Å². The highest BCUT2D eigenvalue weighted by atomic mass is 16.5. The Labute approximate surface area is 67.2 Å². The number of hydrogen-bond donors (Lipinski definition) is 0. The standard InChI is InChI=1S/C9H14O2/c1-7-5-3-4-6-8(7)9(10)11-2/h3,5,7-8H,4,6H2,1-2H3. The molecule has 1 aliphatic carbocycles. The fourth-order valence-electron chi connectivity index (χ4n) is 1.47. The maximum atomic E-state index is 11.1. The Morgan fingerprint density at radius 3 is 2.91 bits per heavy atom. The summed E-state index contributed by atoms with van der Waals surface area (Å²) in [6.07, 6.45) is 6.16. The Balaban J connectivity index is 2.57. The minimum atomic E-state index is -0.0677. The first kappa shape index (κ1) is 8.31. The highest BCUT2D eigenvalue weighted by Crippen LogP contribution is 2.24. The van der Waals surface area contributed by atoms with Crippen molar-refractivity contribution in [3.8, 4) is 0 Å². The van der Waals surface area contributed by atoms with Crippen molar-refractivity contribution < 1.29 is 9.53 Å². The number of hydrogen-bond acceptors (Lipinski definition) is 2. The lowest BCUT2D eigenvalue weighted by atomic mass is 9.85. The van der Waals surface area contributed by atoms with Gasteiger partial charge in [0.15, 0.2) is 0 Å². The molecule has 0 aromatic carbocycles. The summed E-state index contributed by atoms with van der Waals surface area (Å²) in [5.41, 5.74) is 0. The fourth-order valence-corrected chi connectivity index (χ4v) is 1.47. The first-order valence-electron chi connectivity index (χ1n) is 4.00. The van der Waals surface area contributed by atoms with E-state index in [2.05, 4.69) is 23.8 Å². The molecule has 0 aromatic rings. The van der Waals surface area contributed by atoms with Crippen LogP contribution in [0.2, 0.25) is 0 Å². The average molecular weight is 154 g/mol. The van der Waals surface area contributed by atoms with Crippen molar-refractivity contribution in [3.63, 3.8) is 0 Å². The monoisotopic (exact) mass is 154 g/mol. The van der Waals surface area contributed by atoms with Gasteiger partial charge in [-0.25, -0.2) is 0 Å². The van der Waals surface area contributed by atoms with Crippen LogP contribution in [0.5, 0.6) is 0 Å². The van der Waals surface area contributed by atoms with Gasteiger partial charge in [-0.05, 0) is 18.8 Å². The molecular weight excluding hydrogens is 140 g/mol. The van der Waals surface area contributed by atoms with Crippen LogP contribution in [-0.2, 0) is 9.53 Å². The van der Waals surface area contributed by atoms with Gasteiger partial charge in [0.2, 0.25) is 0 Å². The Bertz CT molecular complexity index is 172. The summed E-state index contributed by atoms with van der Waals surface area (Å²) in [7, 11) is 1.45. The second-order valence-corrected chi connectivity index (χ2v) is 2.99. The minimum absolute atomic E-state index is 0.0677. The maximum Gasteiger partial charge on any atom is 0.309 e. The van der Waals surface area contributed by atoms with E-state index in [0.29, 0.717) is 5.92 Å². The predicted molar refractivity (Wildman–Crippen MR) is 43.0 cm³/mol. The third-order valence-electron chi connectivity index (χ3n) is 2.22. The first-order valence-corrected chi connectivity index (χ1v) is 4.00. The number of allylic oxidation sites excluding steroid dienone is 2. The molecule has 0 saturated carbocycles. The van der Waals surface area contributed by atoms with E-state index in [1.807, 2.05) is 0 Å². The lowest BCUT2D eigenvalue weighted by Gasteiger charge is -2.21. The quantitative estimate of drug-likeness (QED) is 0.425. The van der Waals surface area contributed by atoms with E-state index in [1.165, 1.54) is 7.11 Å². The molecular formula is C9H14O2. The third-order valence-corrected chi connectivity index (χ3v) is 2.22. The van der Waals surface area contributed by atoms with E-state index in [-0.39, 0.29) is 11.9 Å². The molecule has 2 nitrogen and oxygen atoms in total. The molecule has 62 valence electrons. The number of rotatable bonds is 1. The molecule has 0 saturated heterocycles. The van der Waals surface area contributed by atoms with E-state index < -0.39 is 0 Å². The van der Waals surface area contributed by atoms with Crippen LogP contribution < -0.4 is 0 Å². The summed E-state index contributed by atoms with van der Waals surface area (Å²) in [6.45, 7) is 2.05. The summed E-state index contributed by atoms with van der Waals surface area (Å²) in [5, 5.41) is 0. The Hall–Kier alpha value is -0.790. The van der Waals surface area contributed by atoms with Gasteiger partial charge in [0.25, 0.3) is 0 Å². The zero-order valence-electron chi connectivity index (χ0n) is 7.04. The largest absolute Gasteiger partial charge is 0.469 e. The molecule has 0 aliphatic heterocycles. The average Bonchev–Trinajstić information content (AvgIpc) is 2.04. The summed E-state index contributed by atoms with van der Waals surface area (Å²) >= 11 is 0. The fraction of sp³-hybridized carbons (Fsp3) is 0.667. The number of carbonyl (C=O) groups excluding carboxylic acids is 1. The van der Waals surface area contributed by atoms with Gasteiger partial charge in [0.05, 0.1) is 13.0 Å². The van der Waals surface area contributed by atoms with Gasteiger partial charge in [-0.1, -0.05) is 19.1 Å². The topological polar surface area (TPSA) is 26.3 Å². The predicted octanol–water partition coefficient (Wildman–Crippen LogP) is 1.76. The van der Waals surface area contributed by atoms with E-state index in [4.69, 9.17) is 0 Å². The van der Waals surface area contributed by atoms with E-state index in [9.17, 15) is 4.79 Å². The van der Waals surface area contributed by atoms with Gasteiger partial charge in [-0.2, -0.15) is 0 Å². The smallest absolute Gasteiger partial charge is 0.309 e. The maximum absolute atomic E-state index is 11.1. The van der Waals surface area contributed by atoms with Crippen molar-refractivity contribution in [1.29, 1.82) is 0 Å². The molecule has 0 bridgehead atoms. The third kappa shape index (κ3) is 1.82. The second-order valence-electron chi connectivity index (χ2n) is 2.99. The molecule has 0 fully saturated rings. The van der Waals surface area contributed by atoms with Gasteiger partial charge in [0, 0.05) is 0 Å². The van der Waals surface area contributed by atoms with Crippen molar-refractivity contribution >= 4 is 5.97 Å². The van der Waals surface area contributed by atoms with Crippen LogP contribution in [0.15, 0.2) is 12.2 Å². The zero-order chi connectivity index (χ0) is 8.27. The van der Waals surface area contributed by atoms with E-state index >= 15 is 0 Å². The Morgan fingerprint density at radius 2 is 2.36 bits per heavy atom. The molecule has 0 amide bonds. The minimum Gasteiger partial charge on any atom is -0.469 e. The SMILES string of the molecule is COC(=O)C1CCC=CC1C. The van der Waals surface area contributed by atoms with Crippen LogP contribution in [-0.4, -0.2) is 13.1 Å². The molecule has 0 radical (unpaired) electrons. The molecule has 1 aliphatic rings. The summed E-state index contributed by atoms with van der Waals surface area (Å²) in [6, 6.07) is 0. The van der Waals surface area contributed by atoms with Gasteiger partial charge in [0.1, 0.15) is 0 Å². The lowest BCUT2D eigenvalue weighted by Crippen LogP contribution is -2.23. The van der Waals surface area contributed by atoms with Crippen molar-refractivity contribution in [2.45, 2.75) is 19.8 Å². The molecule has 11 heavy (non-hydrogen) atoms. The molecule has 2 heteroatoms. The molecule has 0 N–H and O–H groups in total. The van der Waals surface area contributed by atoms with Gasteiger partial charge in [-0.15, -0.1) is 0 Å². The highest BCUT2D eigenvalue weighted by Gasteiger charge is 2.25. The highest BCUT2D eigenvalue weighted by molar-refractivity contribution is 5.73. The second kappa shape index (κ2) is 3.56. The Morgan fingerprint density at radius 1 is 1.64 bits per heavy atom. The summed E-state index contributed by atoms with van der Waals surface area (Å²) in [5.74, 6) is 0.364. The Kier molecular flexibility index (Phi) is 2.69. The van der Waals surface area contributed by atoms with Crippen LogP contribution in [0.25, 0.3) is 0 Å². The van der Waals surface area contributed by atoms with Crippen LogP contribution in [0.3, 0.4) is 0 Å². The van der Waals surface area contributed by atoms with Crippen molar-refractivity contribution in [2.24, 2.45) is 11.8 Å². The lowest BCUT2D eigenvalue weighted by molar-refractivity contribution is -0.147. The van der Waals surface area contributed by atoms with Crippen LogP contribution in [0.4, 0.5) is 0 Å². The van der Waals surface area contributed by atoms with Crippen LogP contribution in [0, 0.1) is 11.8 Å². The summed E-state index contributed by atoms with van der Waals surface area (Å²) in [4.78, 5) is 11.1. The van der Waals surface area contributed by atoms with Gasteiger partial charge >= 0.3 is 5.97 Å². The van der Waals surface area contributed by atoms with Crippen LogP contribution in [0.1, 0.15) is 19.8 Å². The number of ether oxygens (including phenoxy) is 1. The van der Waals surface area contributed by atoms with Gasteiger partial charge in [-0.3, -0.25) is 4.79 Å². The van der Waals surface area contributed by atoms with Crippen molar-refractivity contribution in [2.75, 3.05) is 7.11 Å². The molecule has 2 atom stereocenters. The first-order chi connectivity index (χ1) is 5.25. The van der Waals surface area contributed by atoms with E-state index in [0.717, 1.165) is 12.8 Å². The molecule has 0 heterocycles. The summed E-state index contributed by atoms with van der Waals surface area (Å²) < 4.78 is 4.69. The number of methoxy groups -OCH3 is 1. The normalized spacial score (nSPS) is 30.0. The number of carbonyl (C=O) groups is 1. The zero-order valence-corrected chi connectivity index (χ0v) is 7.04. The molecule has 1 rings (SSSR count).